The van der Waals surface area contributed by atoms with Gasteiger partial charge >= 0.3 is 0 Å². The SMILES string of the molecule is COCc1cc(C)cc(COC)c1OC. The summed E-state index contributed by atoms with van der Waals surface area (Å²) in [5, 5.41) is 0. The van der Waals surface area contributed by atoms with E-state index in [9.17, 15) is 0 Å². The minimum atomic E-state index is 0.557. The molecule has 0 aliphatic carbocycles. The van der Waals surface area contributed by atoms with Crippen molar-refractivity contribution in [2.24, 2.45) is 0 Å². The van der Waals surface area contributed by atoms with Crippen molar-refractivity contribution in [1.82, 2.24) is 0 Å². The smallest absolute Gasteiger partial charge is 0.129 e. The molecule has 0 bridgehead atoms. The van der Waals surface area contributed by atoms with Crippen molar-refractivity contribution in [3.8, 4) is 5.75 Å². The molecule has 0 N–H and O–H groups in total. The van der Waals surface area contributed by atoms with Gasteiger partial charge in [-0.05, 0) is 6.92 Å². The topological polar surface area (TPSA) is 27.7 Å². The molecule has 0 fully saturated rings. The third kappa shape index (κ3) is 2.94. The number of aryl methyl sites for hydroxylation is 1. The molecule has 0 atom stereocenters. The molecular weight excluding hydrogens is 192 g/mol. The first kappa shape index (κ1) is 12.0. The van der Waals surface area contributed by atoms with E-state index in [1.807, 2.05) is 0 Å². The van der Waals surface area contributed by atoms with Crippen LogP contribution in [0.2, 0.25) is 0 Å². The molecule has 0 saturated heterocycles. The zero-order valence-corrected chi connectivity index (χ0v) is 9.79. The molecule has 0 aliphatic heterocycles. The third-order valence-electron chi connectivity index (χ3n) is 2.19. The lowest BCUT2D eigenvalue weighted by atomic mass is 10.1. The number of hydrogen-bond donors (Lipinski definition) is 0. The highest BCUT2D eigenvalue weighted by atomic mass is 16.5. The quantitative estimate of drug-likeness (QED) is 0.746. The monoisotopic (exact) mass is 210 g/mol. The standard InChI is InChI=1S/C12H18O3/c1-9-5-10(7-13-2)12(15-4)11(6-9)8-14-3/h5-6H,7-8H2,1-4H3. The average Bonchev–Trinajstić information content (AvgIpc) is 2.18. The van der Waals surface area contributed by atoms with Crippen molar-refractivity contribution >= 4 is 0 Å². The van der Waals surface area contributed by atoms with Crippen molar-refractivity contribution < 1.29 is 14.2 Å². The summed E-state index contributed by atoms with van der Waals surface area (Å²) in [6.45, 7) is 3.17. The lowest BCUT2D eigenvalue weighted by Crippen LogP contribution is -2.01. The van der Waals surface area contributed by atoms with E-state index < -0.39 is 0 Å². The van der Waals surface area contributed by atoms with Gasteiger partial charge in [0.15, 0.2) is 0 Å². The Morgan fingerprint density at radius 2 is 1.40 bits per heavy atom. The summed E-state index contributed by atoms with van der Waals surface area (Å²) in [6, 6.07) is 4.14. The summed E-state index contributed by atoms with van der Waals surface area (Å²) in [5.41, 5.74) is 3.31. The summed E-state index contributed by atoms with van der Waals surface area (Å²) < 4.78 is 15.7. The molecule has 0 amide bonds. The molecule has 84 valence electrons. The minimum absolute atomic E-state index is 0.557. The zero-order chi connectivity index (χ0) is 11.3. The first-order valence-corrected chi connectivity index (χ1v) is 4.87. The van der Waals surface area contributed by atoms with Gasteiger partial charge in [-0.2, -0.15) is 0 Å². The predicted molar refractivity (Wildman–Crippen MR) is 59.2 cm³/mol. The van der Waals surface area contributed by atoms with Gasteiger partial charge in [-0.3, -0.25) is 0 Å². The first-order chi connectivity index (χ1) is 7.22. The molecule has 3 nitrogen and oxygen atoms in total. The van der Waals surface area contributed by atoms with E-state index in [1.165, 1.54) is 5.56 Å². The molecule has 0 saturated carbocycles. The number of methoxy groups -OCH3 is 3. The molecule has 3 heteroatoms. The highest BCUT2D eigenvalue weighted by Gasteiger charge is 2.09. The second-order valence-electron chi connectivity index (χ2n) is 3.48. The molecule has 0 aliphatic rings. The van der Waals surface area contributed by atoms with Gasteiger partial charge in [0.1, 0.15) is 5.75 Å². The lowest BCUT2D eigenvalue weighted by Gasteiger charge is -2.14. The Hall–Kier alpha value is -1.06. The van der Waals surface area contributed by atoms with E-state index in [4.69, 9.17) is 14.2 Å². The van der Waals surface area contributed by atoms with Crippen molar-refractivity contribution in [2.45, 2.75) is 20.1 Å². The largest absolute Gasteiger partial charge is 0.496 e. The van der Waals surface area contributed by atoms with E-state index in [1.54, 1.807) is 21.3 Å². The number of benzene rings is 1. The molecule has 0 radical (unpaired) electrons. The summed E-state index contributed by atoms with van der Waals surface area (Å²) in [4.78, 5) is 0. The summed E-state index contributed by atoms with van der Waals surface area (Å²) >= 11 is 0. The Labute approximate surface area is 91.0 Å². The van der Waals surface area contributed by atoms with Crippen LogP contribution in [-0.2, 0) is 22.7 Å². The molecule has 15 heavy (non-hydrogen) atoms. The molecule has 0 spiro atoms. The Balaban J connectivity index is 3.12. The average molecular weight is 210 g/mol. The normalized spacial score (nSPS) is 10.4. The van der Waals surface area contributed by atoms with Crippen molar-refractivity contribution in [2.75, 3.05) is 21.3 Å². The molecule has 1 aromatic carbocycles. The van der Waals surface area contributed by atoms with E-state index in [0.29, 0.717) is 13.2 Å². The van der Waals surface area contributed by atoms with Gasteiger partial charge in [0, 0.05) is 25.3 Å². The maximum atomic E-state index is 5.38. The maximum absolute atomic E-state index is 5.38. The van der Waals surface area contributed by atoms with Crippen LogP contribution in [0.25, 0.3) is 0 Å². The van der Waals surface area contributed by atoms with Gasteiger partial charge in [0.2, 0.25) is 0 Å². The van der Waals surface area contributed by atoms with Crippen LogP contribution in [0.5, 0.6) is 5.75 Å². The molecule has 0 heterocycles. The Morgan fingerprint density at radius 1 is 0.933 bits per heavy atom. The fourth-order valence-electron chi connectivity index (χ4n) is 1.72. The van der Waals surface area contributed by atoms with Crippen LogP contribution in [-0.4, -0.2) is 21.3 Å². The van der Waals surface area contributed by atoms with Gasteiger partial charge in [-0.1, -0.05) is 17.7 Å². The van der Waals surface area contributed by atoms with E-state index >= 15 is 0 Å². The van der Waals surface area contributed by atoms with Gasteiger partial charge in [-0.15, -0.1) is 0 Å². The Kier molecular flexibility index (Phi) is 4.59. The summed E-state index contributed by atoms with van der Waals surface area (Å²) in [5.74, 6) is 0.865. The zero-order valence-electron chi connectivity index (χ0n) is 9.79. The Bertz CT molecular complexity index is 294. The minimum Gasteiger partial charge on any atom is -0.496 e. The van der Waals surface area contributed by atoms with Crippen molar-refractivity contribution in [3.05, 3.63) is 28.8 Å². The molecular formula is C12H18O3. The van der Waals surface area contributed by atoms with E-state index in [-0.39, 0.29) is 0 Å². The predicted octanol–water partition coefficient (Wildman–Crippen LogP) is 2.30. The number of rotatable bonds is 5. The van der Waals surface area contributed by atoms with Gasteiger partial charge < -0.3 is 14.2 Å². The van der Waals surface area contributed by atoms with E-state index in [2.05, 4.69) is 19.1 Å². The Morgan fingerprint density at radius 3 is 1.73 bits per heavy atom. The van der Waals surface area contributed by atoms with Crippen molar-refractivity contribution in [3.63, 3.8) is 0 Å². The number of hydrogen-bond acceptors (Lipinski definition) is 3. The molecule has 1 aromatic rings. The van der Waals surface area contributed by atoms with Crippen molar-refractivity contribution in [1.29, 1.82) is 0 Å². The van der Waals surface area contributed by atoms with Gasteiger partial charge in [-0.25, -0.2) is 0 Å². The van der Waals surface area contributed by atoms with Crippen LogP contribution in [0.1, 0.15) is 16.7 Å². The molecule has 0 unspecified atom stereocenters. The second kappa shape index (κ2) is 5.73. The fraction of sp³-hybridized carbons (Fsp3) is 0.500. The van der Waals surface area contributed by atoms with Crippen LogP contribution in [0.3, 0.4) is 0 Å². The van der Waals surface area contributed by atoms with E-state index in [0.717, 1.165) is 16.9 Å². The van der Waals surface area contributed by atoms with Crippen LogP contribution < -0.4 is 4.74 Å². The summed E-state index contributed by atoms with van der Waals surface area (Å²) in [7, 11) is 5.03. The lowest BCUT2D eigenvalue weighted by molar-refractivity contribution is 0.173. The molecule has 1 rings (SSSR count). The molecule has 0 aromatic heterocycles. The highest BCUT2D eigenvalue weighted by molar-refractivity contribution is 5.44. The van der Waals surface area contributed by atoms with Crippen LogP contribution in [0, 0.1) is 6.92 Å². The second-order valence-corrected chi connectivity index (χ2v) is 3.48. The van der Waals surface area contributed by atoms with Gasteiger partial charge in [0.05, 0.1) is 20.3 Å². The van der Waals surface area contributed by atoms with Gasteiger partial charge in [0.25, 0.3) is 0 Å². The van der Waals surface area contributed by atoms with Crippen LogP contribution >= 0.6 is 0 Å². The third-order valence-corrected chi connectivity index (χ3v) is 2.19. The highest BCUT2D eigenvalue weighted by Crippen LogP contribution is 2.26. The first-order valence-electron chi connectivity index (χ1n) is 4.87. The van der Waals surface area contributed by atoms with Crippen LogP contribution in [0.15, 0.2) is 12.1 Å². The fourth-order valence-corrected chi connectivity index (χ4v) is 1.72. The maximum Gasteiger partial charge on any atom is 0.129 e. The number of ether oxygens (including phenoxy) is 3. The van der Waals surface area contributed by atoms with Crippen LogP contribution in [0.4, 0.5) is 0 Å². The summed E-state index contributed by atoms with van der Waals surface area (Å²) in [6.07, 6.45) is 0.